The van der Waals surface area contributed by atoms with Crippen molar-refractivity contribution in [3.05, 3.63) is 65.7 Å². The molecule has 1 amide bonds. The van der Waals surface area contributed by atoms with Gasteiger partial charge < -0.3 is 5.32 Å². The molecular formula is C15H12N2O. The van der Waals surface area contributed by atoms with Gasteiger partial charge in [-0.15, -0.1) is 0 Å². The standard InChI is InChI=1S/C15H12N2O/c18-14-10-16-15(11-6-2-1-3-7-11)12-8-4-5-9-13(12)17-14/h1-10,15H,(H,17,18). The van der Waals surface area contributed by atoms with E-state index in [2.05, 4.69) is 10.3 Å². The summed E-state index contributed by atoms with van der Waals surface area (Å²) in [5, 5.41) is 2.83. The van der Waals surface area contributed by atoms with Crippen molar-refractivity contribution in [3.8, 4) is 0 Å². The van der Waals surface area contributed by atoms with Gasteiger partial charge in [0.25, 0.3) is 5.91 Å². The predicted octanol–water partition coefficient (Wildman–Crippen LogP) is 2.80. The fourth-order valence-corrected chi connectivity index (χ4v) is 2.14. The number of benzene rings is 2. The van der Waals surface area contributed by atoms with Gasteiger partial charge in [0, 0.05) is 11.3 Å². The van der Waals surface area contributed by atoms with Crippen molar-refractivity contribution < 1.29 is 4.79 Å². The highest BCUT2D eigenvalue weighted by molar-refractivity contribution is 6.32. The zero-order valence-electron chi connectivity index (χ0n) is 9.71. The van der Waals surface area contributed by atoms with Crippen LogP contribution in [0, 0.1) is 0 Å². The number of nitrogens with zero attached hydrogens (tertiary/aromatic N) is 1. The third-order valence-corrected chi connectivity index (χ3v) is 2.97. The van der Waals surface area contributed by atoms with E-state index in [0.29, 0.717) is 0 Å². The molecule has 0 saturated carbocycles. The first-order valence-corrected chi connectivity index (χ1v) is 5.82. The number of rotatable bonds is 1. The molecule has 1 heterocycles. The summed E-state index contributed by atoms with van der Waals surface area (Å²) in [6.07, 6.45) is 1.36. The van der Waals surface area contributed by atoms with Crippen LogP contribution in [0.2, 0.25) is 0 Å². The molecule has 0 spiro atoms. The maximum absolute atomic E-state index is 11.6. The van der Waals surface area contributed by atoms with Crippen LogP contribution < -0.4 is 5.32 Å². The third-order valence-electron chi connectivity index (χ3n) is 2.97. The average molecular weight is 236 g/mol. The minimum absolute atomic E-state index is 0.124. The molecule has 0 fully saturated rings. The molecule has 1 aliphatic heterocycles. The Morgan fingerprint density at radius 3 is 2.50 bits per heavy atom. The summed E-state index contributed by atoms with van der Waals surface area (Å²) in [5.74, 6) is -0.180. The summed E-state index contributed by atoms with van der Waals surface area (Å²) in [5.41, 5.74) is 2.93. The zero-order valence-corrected chi connectivity index (χ0v) is 9.71. The lowest BCUT2D eigenvalue weighted by Gasteiger charge is -2.14. The van der Waals surface area contributed by atoms with Gasteiger partial charge in [-0.1, -0.05) is 48.5 Å². The quantitative estimate of drug-likeness (QED) is 0.812. The lowest BCUT2D eigenvalue weighted by Crippen LogP contribution is -2.11. The van der Waals surface area contributed by atoms with E-state index in [1.54, 1.807) is 0 Å². The second kappa shape index (κ2) is 4.45. The summed E-state index contributed by atoms with van der Waals surface area (Å²) in [6.45, 7) is 0. The molecule has 2 aromatic carbocycles. The number of amides is 1. The lowest BCUT2D eigenvalue weighted by atomic mass is 9.98. The predicted molar refractivity (Wildman–Crippen MR) is 71.8 cm³/mol. The van der Waals surface area contributed by atoms with Crippen molar-refractivity contribution in [1.82, 2.24) is 0 Å². The minimum Gasteiger partial charge on any atom is -0.321 e. The Bertz CT molecular complexity index is 605. The molecule has 88 valence electrons. The van der Waals surface area contributed by atoms with Crippen LogP contribution in [0.5, 0.6) is 0 Å². The Labute approximate surface area is 105 Å². The van der Waals surface area contributed by atoms with Crippen LogP contribution in [0.4, 0.5) is 5.69 Å². The van der Waals surface area contributed by atoms with E-state index in [-0.39, 0.29) is 11.9 Å². The lowest BCUT2D eigenvalue weighted by molar-refractivity contribution is -0.109. The number of hydrogen-bond acceptors (Lipinski definition) is 2. The molecular weight excluding hydrogens is 224 g/mol. The van der Waals surface area contributed by atoms with Crippen LogP contribution in [0.15, 0.2) is 59.6 Å². The fourth-order valence-electron chi connectivity index (χ4n) is 2.14. The van der Waals surface area contributed by atoms with Crippen molar-refractivity contribution in [2.75, 3.05) is 5.32 Å². The number of hydrogen-bond donors (Lipinski definition) is 1. The Balaban J connectivity index is 2.14. The highest BCUT2D eigenvalue weighted by atomic mass is 16.1. The Morgan fingerprint density at radius 2 is 1.67 bits per heavy atom. The van der Waals surface area contributed by atoms with Crippen molar-refractivity contribution in [2.45, 2.75) is 6.04 Å². The van der Waals surface area contributed by atoms with Crippen LogP contribution in [-0.4, -0.2) is 12.1 Å². The Morgan fingerprint density at radius 1 is 0.944 bits per heavy atom. The van der Waals surface area contributed by atoms with Gasteiger partial charge in [-0.05, 0) is 11.6 Å². The second-order valence-electron chi connectivity index (χ2n) is 4.17. The monoisotopic (exact) mass is 236 g/mol. The number of fused-ring (bicyclic) bond motifs is 1. The smallest absolute Gasteiger partial charge is 0.266 e. The second-order valence-corrected chi connectivity index (χ2v) is 4.17. The van der Waals surface area contributed by atoms with E-state index in [1.165, 1.54) is 6.21 Å². The highest BCUT2D eigenvalue weighted by Crippen LogP contribution is 2.32. The van der Waals surface area contributed by atoms with E-state index in [9.17, 15) is 4.79 Å². The molecule has 1 unspecified atom stereocenters. The van der Waals surface area contributed by atoms with Crippen molar-refractivity contribution >= 4 is 17.8 Å². The topological polar surface area (TPSA) is 41.5 Å². The van der Waals surface area contributed by atoms with Crippen LogP contribution >= 0.6 is 0 Å². The maximum atomic E-state index is 11.6. The molecule has 1 N–H and O–H groups in total. The first kappa shape index (κ1) is 10.7. The number of anilines is 1. The van der Waals surface area contributed by atoms with Crippen molar-refractivity contribution in [1.29, 1.82) is 0 Å². The number of carbonyl (C=O) groups is 1. The van der Waals surface area contributed by atoms with Gasteiger partial charge >= 0.3 is 0 Å². The van der Waals surface area contributed by atoms with Crippen molar-refractivity contribution in [3.63, 3.8) is 0 Å². The first-order chi connectivity index (χ1) is 8.84. The van der Waals surface area contributed by atoms with Gasteiger partial charge in [0.2, 0.25) is 0 Å². The van der Waals surface area contributed by atoms with E-state index in [4.69, 9.17) is 0 Å². The van der Waals surface area contributed by atoms with E-state index >= 15 is 0 Å². The third kappa shape index (κ3) is 1.91. The van der Waals surface area contributed by atoms with Gasteiger partial charge in [0.1, 0.15) is 6.04 Å². The first-order valence-electron chi connectivity index (χ1n) is 5.82. The molecule has 0 aromatic heterocycles. The summed E-state index contributed by atoms with van der Waals surface area (Å²) in [7, 11) is 0. The molecule has 3 heteroatoms. The molecule has 0 radical (unpaired) electrons. The van der Waals surface area contributed by atoms with Gasteiger partial charge in [-0.2, -0.15) is 0 Å². The SMILES string of the molecule is O=C1C=NC(c2ccccc2)c2ccccc2N1. The van der Waals surface area contributed by atoms with Gasteiger partial charge in [-0.3, -0.25) is 9.79 Å². The van der Waals surface area contributed by atoms with Gasteiger partial charge in [0.05, 0.1) is 6.21 Å². The van der Waals surface area contributed by atoms with Gasteiger partial charge in [0.15, 0.2) is 0 Å². The van der Waals surface area contributed by atoms with E-state index in [1.807, 2.05) is 54.6 Å². The maximum Gasteiger partial charge on any atom is 0.266 e. The molecule has 0 bridgehead atoms. The molecule has 0 saturated heterocycles. The molecule has 1 aliphatic rings. The normalized spacial score (nSPS) is 17.8. The summed E-state index contributed by atoms with van der Waals surface area (Å²) in [4.78, 5) is 15.9. The van der Waals surface area contributed by atoms with Gasteiger partial charge in [-0.25, -0.2) is 0 Å². The molecule has 1 atom stereocenters. The largest absolute Gasteiger partial charge is 0.321 e. The minimum atomic E-state index is -0.180. The number of aliphatic imine (C=N–C) groups is 1. The van der Waals surface area contributed by atoms with E-state index < -0.39 is 0 Å². The average Bonchev–Trinajstić information content (AvgIpc) is 2.58. The Kier molecular flexibility index (Phi) is 2.65. The molecule has 0 aliphatic carbocycles. The van der Waals surface area contributed by atoms with Crippen LogP contribution in [0.1, 0.15) is 17.2 Å². The highest BCUT2D eigenvalue weighted by Gasteiger charge is 2.19. The molecule has 3 nitrogen and oxygen atoms in total. The summed E-state index contributed by atoms with van der Waals surface area (Å²) in [6, 6.07) is 17.6. The number of carbonyl (C=O) groups excluding carboxylic acids is 1. The summed E-state index contributed by atoms with van der Waals surface area (Å²) < 4.78 is 0. The van der Waals surface area contributed by atoms with Crippen molar-refractivity contribution in [2.24, 2.45) is 4.99 Å². The fraction of sp³-hybridized carbons (Fsp3) is 0.0667. The van der Waals surface area contributed by atoms with Crippen LogP contribution in [0.3, 0.4) is 0 Å². The zero-order chi connectivity index (χ0) is 12.4. The van der Waals surface area contributed by atoms with Crippen LogP contribution in [0.25, 0.3) is 0 Å². The van der Waals surface area contributed by atoms with E-state index in [0.717, 1.165) is 16.8 Å². The van der Waals surface area contributed by atoms with Crippen LogP contribution in [-0.2, 0) is 4.79 Å². The molecule has 2 aromatic rings. The summed E-state index contributed by atoms with van der Waals surface area (Å²) >= 11 is 0. The number of para-hydroxylation sites is 1. The molecule has 3 rings (SSSR count). The Hall–Kier alpha value is -2.42. The number of nitrogens with one attached hydrogen (secondary N) is 1. The molecule has 18 heavy (non-hydrogen) atoms.